The molecule has 0 radical (unpaired) electrons. The van der Waals surface area contributed by atoms with Crippen LogP contribution in [0.2, 0.25) is 0 Å². The summed E-state index contributed by atoms with van der Waals surface area (Å²) in [6.45, 7) is 1.79. The highest BCUT2D eigenvalue weighted by Gasteiger charge is 2.28. The van der Waals surface area contributed by atoms with Crippen LogP contribution in [0.5, 0.6) is 11.5 Å². The van der Waals surface area contributed by atoms with Crippen LogP contribution in [0.25, 0.3) is 0 Å². The molecule has 23 heavy (non-hydrogen) atoms. The van der Waals surface area contributed by atoms with Crippen LogP contribution in [0.1, 0.15) is 5.56 Å². The standard InChI is InChI=1S/C16H14N2O5/c1-10-6-7-11(12(8-10)18(20)21)17-16(19)15-9-22-13-4-2-3-5-14(13)23-15/h2-8,15H,9H2,1H3,(H,17,19)/t15-/m1/s1. The van der Waals surface area contributed by atoms with Crippen molar-refractivity contribution in [1.29, 1.82) is 0 Å². The Morgan fingerprint density at radius 2 is 2.00 bits per heavy atom. The van der Waals surface area contributed by atoms with E-state index >= 15 is 0 Å². The number of carbonyl (C=O) groups is 1. The van der Waals surface area contributed by atoms with Crippen molar-refractivity contribution >= 4 is 17.3 Å². The molecule has 2 aromatic rings. The zero-order valence-electron chi connectivity index (χ0n) is 12.3. The first kappa shape index (κ1) is 14.8. The third kappa shape index (κ3) is 3.08. The molecule has 0 fully saturated rings. The number of amides is 1. The molecule has 3 rings (SSSR count). The lowest BCUT2D eigenvalue weighted by Gasteiger charge is -2.25. The van der Waals surface area contributed by atoms with E-state index in [0.29, 0.717) is 11.5 Å². The van der Waals surface area contributed by atoms with Gasteiger partial charge in [0.2, 0.25) is 6.10 Å². The van der Waals surface area contributed by atoms with E-state index in [9.17, 15) is 14.9 Å². The van der Waals surface area contributed by atoms with Crippen molar-refractivity contribution in [2.45, 2.75) is 13.0 Å². The predicted octanol–water partition coefficient (Wildman–Crippen LogP) is 2.68. The Labute approximate surface area is 132 Å². The van der Waals surface area contributed by atoms with Crippen LogP contribution in [0, 0.1) is 17.0 Å². The van der Waals surface area contributed by atoms with Crippen molar-refractivity contribution in [2.24, 2.45) is 0 Å². The van der Waals surface area contributed by atoms with Crippen LogP contribution in [-0.4, -0.2) is 23.5 Å². The zero-order chi connectivity index (χ0) is 16.4. The van der Waals surface area contributed by atoms with Crippen LogP contribution in [0.4, 0.5) is 11.4 Å². The summed E-state index contributed by atoms with van der Waals surface area (Å²) in [5, 5.41) is 13.6. The summed E-state index contributed by atoms with van der Waals surface area (Å²) in [6.07, 6.45) is -0.870. The molecule has 1 atom stereocenters. The number of para-hydroxylation sites is 2. The lowest BCUT2D eigenvalue weighted by molar-refractivity contribution is -0.384. The second-order valence-corrected chi connectivity index (χ2v) is 5.13. The molecule has 7 heteroatoms. The van der Waals surface area contributed by atoms with E-state index in [4.69, 9.17) is 9.47 Å². The van der Waals surface area contributed by atoms with Gasteiger partial charge in [-0.05, 0) is 30.7 Å². The van der Waals surface area contributed by atoms with Gasteiger partial charge in [-0.3, -0.25) is 14.9 Å². The lowest BCUT2D eigenvalue weighted by Crippen LogP contribution is -2.40. The first-order valence-corrected chi connectivity index (χ1v) is 6.99. The molecule has 0 unspecified atom stereocenters. The van der Waals surface area contributed by atoms with Crippen LogP contribution in [0.3, 0.4) is 0 Å². The highest BCUT2D eigenvalue weighted by atomic mass is 16.6. The normalized spacial score (nSPS) is 15.8. The van der Waals surface area contributed by atoms with Gasteiger partial charge in [-0.1, -0.05) is 18.2 Å². The summed E-state index contributed by atoms with van der Waals surface area (Å²) in [7, 11) is 0. The number of nitrogens with one attached hydrogen (secondary N) is 1. The van der Waals surface area contributed by atoms with E-state index < -0.39 is 16.9 Å². The first-order chi connectivity index (χ1) is 11.0. The van der Waals surface area contributed by atoms with Crippen molar-refractivity contribution < 1.29 is 19.2 Å². The summed E-state index contributed by atoms with van der Waals surface area (Å²) < 4.78 is 11.1. The van der Waals surface area contributed by atoms with Gasteiger partial charge in [0.25, 0.3) is 11.6 Å². The van der Waals surface area contributed by atoms with Gasteiger partial charge >= 0.3 is 0 Å². The Balaban J connectivity index is 1.77. The fourth-order valence-corrected chi connectivity index (χ4v) is 2.26. The minimum atomic E-state index is -0.870. The monoisotopic (exact) mass is 314 g/mol. The number of nitrogens with zero attached hydrogens (tertiary/aromatic N) is 1. The van der Waals surface area contributed by atoms with Gasteiger partial charge in [0.15, 0.2) is 11.5 Å². The Hall–Kier alpha value is -3.09. The number of nitro benzene ring substituents is 1. The van der Waals surface area contributed by atoms with Crippen molar-refractivity contribution in [2.75, 3.05) is 11.9 Å². The van der Waals surface area contributed by atoms with Gasteiger partial charge in [0.1, 0.15) is 12.3 Å². The molecule has 1 heterocycles. The van der Waals surface area contributed by atoms with Crippen LogP contribution >= 0.6 is 0 Å². The van der Waals surface area contributed by atoms with E-state index in [2.05, 4.69) is 5.32 Å². The first-order valence-electron chi connectivity index (χ1n) is 6.99. The number of aryl methyl sites for hydroxylation is 1. The largest absolute Gasteiger partial charge is 0.485 e. The van der Waals surface area contributed by atoms with E-state index in [1.165, 1.54) is 12.1 Å². The van der Waals surface area contributed by atoms with E-state index in [0.717, 1.165) is 5.56 Å². The molecular weight excluding hydrogens is 300 g/mol. The fourth-order valence-electron chi connectivity index (χ4n) is 2.26. The smallest absolute Gasteiger partial charge is 0.293 e. The second-order valence-electron chi connectivity index (χ2n) is 5.13. The summed E-state index contributed by atoms with van der Waals surface area (Å²) >= 11 is 0. The predicted molar refractivity (Wildman–Crippen MR) is 82.8 cm³/mol. The van der Waals surface area contributed by atoms with Crippen LogP contribution in [-0.2, 0) is 4.79 Å². The van der Waals surface area contributed by atoms with Gasteiger partial charge in [-0.15, -0.1) is 0 Å². The molecular formula is C16H14N2O5. The molecule has 1 aliphatic heterocycles. The third-order valence-corrected chi connectivity index (χ3v) is 3.41. The summed E-state index contributed by atoms with van der Waals surface area (Å²) in [5.41, 5.74) is 0.712. The molecule has 0 spiro atoms. The number of hydrogen-bond acceptors (Lipinski definition) is 5. The molecule has 1 aliphatic rings. The quantitative estimate of drug-likeness (QED) is 0.695. The molecule has 0 saturated carbocycles. The van der Waals surface area contributed by atoms with Crippen LogP contribution < -0.4 is 14.8 Å². The SMILES string of the molecule is Cc1ccc(NC(=O)[C@H]2COc3ccccc3O2)c([N+](=O)[O-])c1. The van der Waals surface area contributed by atoms with Gasteiger partial charge in [0.05, 0.1) is 4.92 Å². The number of nitro groups is 1. The summed E-state index contributed by atoms with van der Waals surface area (Å²) in [6, 6.07) is 11.6. The summed E-state index contributed by atoms with van der Waals surface area (Å²) in [5.74, 6) is 0.543. The van der Waals surface area contributed by atoms with E-state index in [1.54, 1.807) is 37.3 Å². The average molecular weight is 314 g/mol. The third-order valence-electron chi connectivity index (χ3n) is 3.41. The van der Waals surface area contributed by atoms with Crippen molar-refractivity contribution in [1.82, 2.24) is 0 Å². The molecule has 0 aromatic heterocycles. The van der Waals surface area contributed by atoms with E-state index in [1.807, 2.05) is 0 Å². The summed E-state index contributed by atoms with van der Waals surface area (Å²) in [4.78, 5) is 22.9. The van der Waals surface area contributed by atoms with Gasteiger partial charge < -0.3 is 14.8 Å². The molecule has 1 N–H and O–H groups in total. The highest BCUT2D eigenvalue weighted by molar-refractivity contribution is 5.96. The number of anilines is 1. The van der Waals surface area contributed by atoms with Gasteiger partial charge in [-0.2, -0.15) is 0 Å². The van der Waals surface area contributed by atoms with Crippen molar-refractivity contribution in [3.05, 3.63) is 58.1 Å². The molecule has 118 valence electrons. The number of ether oxygens (including phenoxy) is 2. The Bertz CT molecular complexity index is 775. The number of carbonyl (C=O) groups excluding carboxylic acids is 1. The van der Waals surface area contributed by atoms with Crippen molar-refractivity contribution in [3.8, 4) is 11.5 Å². The maximum absolute atomic E-state index is 12.3. The lowest BCUT2D eigenvalue weighted by atomic mass is 10.2. The Morgan fingerprint density at radius 1 is 1.26 bits per heavy atom. The minimum absolute atomic E-state index is 0.0442. The fraction of sp³-hybridized carbons (Fsp3) is 0.188. The number of benzene rings is 2. The molecule has 0 saturated heterocycles. The zero-order valence-corrected chi connectivity index (χ0v) is 12.3. The van der Waals surface area contributed by atoms with E-state index in [-0.39, 0.29) is 18.0 Å². The molecule has 2 aromatic carbocycles. The minimum Gasteiger partial charge on any atom is -0.485 e. The van der Waals surface area contributed by atoms with Gasteiger partial charge in [0, 0.05) is 6.07 Å². The van der Waals surface area contributed by atoms with Gasteiger partial charge in [-0.25, -0.2) is 0 Å². The maximum Gasteiger partial charge on any atom is 0.293 e. The Morgan fingerprint density at radius 3 is 2.74 bits per heavy atom. The molecule has 1 amide bonds. The number of rotatable bonds is 3. The average Bonchev–Trinajstić information content (AvgIpc) is 2.55. The number of fused-ring (bicyclic) bond motifs is 1. The second kappa shape index (κ2) is 5.96. The maximum atomic E-state index is 12.3. The number of hydrogen-bond donors (Lipinski definition) is 1. The molecule has 0 aliphatic carbocycles. The molecule has 7 nitrogen and oxygen atoms in total. The van der Waals surface area contributed by atoms with Crippen molar-refractivity contribution in [3.63, 3.8) is 0 Å². The topological polar surface area (TPSA) is 90.7 Å². The highest BCUT2D eigenvalue weighted by Crippen LogP contribution is 2.31. The Kier molecular flexibility index (Phi) is 3.84. The molecule has 0 bridgehead atoms. The van der Waals surface area contributed by atoms with Crippen LogP contribution in [0.15, 0.2) is 42.5 Å².